The molecule has 7 heteroatoms. The van der Waals surface area contributed by atoms with E-state index in [0.29, 0.717) is 16.9 Å². The maximum atomic E-state index is 12.4. The Hall–Kier alpha value is -3.61. The van der Waals surface area contributed by atoms with Crippen molar-refractivity contribution in [2.24, 2.45) is 0 Å². The van der Waals surface area contributed by atoms with Gasteiger partial charge in [0.15, 0.2) is 6.61 Å². The molecule has 4 rings (SSSR count). The second kappa shape index (κ2) is 9.26. The topological polar surface area (TPSA) is 109 Å². The number of hydrogen-bond donors (Lipinski definition) is 1. The minimum Gasteiger partial charge on any atom is -0.548 e. The average Bonchev–Trinajstić information content (AvgIpc) is 2.79. The zero-order valence-corrected chi connectivity index (χ0v) is 17.8. The molecule has 1 amide bonds. The quantitative estimate of drug-likeness (QED) is 0.569. The van der Waals surface area contributed by atoms with Gasteiger partial charge >= 0.3 is 5.63 Å². The van der Waals surface area contributed by atoms with Crippen LogP contribution in [0.2, 0.25) is 0 Å². The van der Waals surface area contributed by atoms with Gasteiger partial charge in [0.1, 0.15) is 11.3 Å². The predicted octanol–water partition coefficient (Wildman–Crippen LogP) is 1.84. The van der Waals surface area contributed by atoms with Crippen LogP contribution in [0, 0.1) is 6.92 Å². The highest BCUT2D eigenvalue weighted by Gasteiger charge is 2.21. The summed E-state index contributed by atoms with van der Waals surface area (Å²) in [6.07, 6.45) is 3.70. The second-order valence-corrected chi connectivity index (χ2v) is 8.04. The van der Waals surface area contributed by atoms with Crippen LogP contribution in [0.4, 0.5) is 0 Å². The lowest BCUT2D eigenvalue weighted by molar-refractivity contribution is -0.308. The molecular weight excluding hydrogens is 410 g/mol. The van der Waals surface area contributed by atoms with E-state index in [4.69, 9.17) is 9.15 Å². The molecule has 1 N–H and O–H groups in total. The van der Waals surface area contributed by atoms with Crippen LogP contribution in [0.3, 0.4) is 0 Å². The van der Waals surface area contributed by atoms with Crippen molar-refractivity contribution < 1.29 is 23.8 Å². The smallest absolute Gasteiger partial charge is 0.339 e. The Morgan fingerprint density at radius 1 is 1.09 bits per heavy atom. The van der Waals surface area contributed by atoms with Crippen molar-refractivity contribution in [1.82, 2.24) is 5.32 Å². The van der Waals surface area contributed by atoms with E-state index in [2.05, 4.69) is 5.32 Å². The maximum Gasteiger partial charge on any atom is 0.339 e. The summed E-state index contributed by atoms with van der Waals surface area (Å²) < 4.78 is 11.2. The molecule has 0 bridgehead atoms. The number of aliphatic carboxylic acids is 1. The van der Waals surface area contributed by atoms with Crippen molar-refractivity contribution in [3.8, 4) is 5.75 Å². The maximum absolute atomic E-state index is 12.4. The molecule has 3 aromatic rings. The molecule has 0 saturated heterocycles. The van der Waals surface area contributed by atoms with E-state index in [1.165, 1.54) is 0 Å². The highest BCUT2D eigenvalue weighted by Crippen LogP contribution is 2.32. The van der Waals surface area contributed by atoms with Crippen molar-refractivity contribution >= 4 is 22.8 Å². The molecule has 1 aromatic heterocycles. The van der Waals surface area contributed by atoms with Gasteiger partial charge in [-0.1, -0.05) is 30.3 Å². The average molecular weight is 434 g/mol. The molecule has 32 heavy (non-hydrogen) atoms. The Labute approximate surface area is 185 Å². The number of rotatable bonds is 7. The zero-order valence-electron chi connectivity index (χ0n) is 17.8. The first kappa shape index (κ1) is 21.6. The molecular formula is C25H24NO6-. The van der Waals surface area contributed by atoms with E-state index >= 15 is 0 Å². The molecule has 0 fully saturated rings. The normalized spacial score (nSPS) is 13.9. The number of carbonyl (C=O) groups is 2. The zero-order chi connectivity index (χ0) is 22.7. The molecule has 1 aliphatic rings. The van der Waals surface area contributed by atoms with Crippen LogP contribution in [0.25, 0.3) is 11.0 Å². The van der Waals surface area contributed by atoms with Gasteiger partial charge in [0, 0.05) is 16.5 Å². The Bertz CT molecular complexity index is 1210. The molecule has 1 aliphatic carbocycles. The van der Waals surface area contributed by atoms with E-state index in [-0.39, 0.29) is 18.7 Å². The fraction of sp³-hybridized carbons (Fsp3) is 0.320. The van der Waals surface area contributed by atoms with Crippen molar-refractivity contribution in [2.45, 2.75) is 45.1 Å². The summed E-state index contributed by atoms with van der Waals surface area (Å²) in [5.74, 6) is -1.54. The summed E-state index contributed by atoms with van der Waals surface area (Å²) in [5.41, 5.74) is 3.33. The minimum absolute atomic E-state index is 0.111. The fourth-order valence-electron chi connectivity index (χ4n) is 4.20. The largest absolute Gasteiger partial charge is 0.548 e. The first-order valence-electron chi connectivity index (χ1n) is 10.7. The second-order valence-electron chi connectivity index (χ2n) is 8.04. The van der Waals surface area contributed by atoms with Crippen LogP contribution >= 0.6 is 0 Å². The molecule has 0 spiro atoms. The highest BCUT2D eigenvalue weighted by atomic mass is 16.5. The number of ether oxygens (including phenoxy) is 1. The fourth-order valence-corrected chi connectivity index (χ4v) is 4.20. The first-order valence-corrected chi connectivity index (χ1v) is 10.7. The van der Waals surface area contributed by atoms with Crippen LogP contribution in [-0.2, 0) is 28.9 Å². The number of carboxylic acid groups (broad SMARTS) is 1. The minimum atomic E-state index is -1.37. The van der Waals surface area contributed by atoms with E-state index in [1.807, 2.05) is 12.1 Å². The number of benzene rings is 2. The van der Waals surface area contributed by atoms with Crippen LogP contribution < -0.4 is 20.8 Å². The van der Waals surface area contributed by atoms with Gasteiger partial charge in [-0.25, -0.2) is 4.79 Å². The van der Waals surface area contributed by atoms with Gasteiger partial charge in [-0.05, 0) is 62.3 Å². The van der Waals surface area contributed by atoms with Crippen LogP contribution in [0.15, 0.2) is 51.7 Å². The summed E-state index contributed by atoms with van der Waals surface area (Å²) in [6, 6.07) is 11.4. The van der Waals surface area contributed by atoms with E-state index in [0.717, 1.165) is 47.8 Å². The van der Waals surface area contributed by atoms with Gasteiger partial charge in [0.25, 0.3) is 5.91 Å². The number of hydrogen-bond acceptors (Lipinski definition) is 6. The molecule has 2 aromatic carbocycles. The molecule has 1 heterocycles. The van der Waals surface area contributed by atoms with Gasteiger partial charge in [-0.15, -0.1) is 0 Å². The first-order chi connectivity index (χ1) is 15.4. The van der Waals surface area contributed by atoms with Crippen molar-refractivity contribution in [3.05, 3.63) is 75.1 Å². The third-order valence-corrected chi connectivity index (χ3v) is 5.85. The van der Waals surface area contributed by atoms with Crippen LogP contribution in [0.1, 0.15) is 35.1 Å². The third-order valence-electron chi connectivity index (χ3n) is 5.85. The van der Waals surface area contributed by atoms with Gasteiger partial charge in [0.05, 0.1) is 12.0 Å². The monoisotopic (exact) mass is 434 g/mol. The van der Waals surface area contributed by atoms with Crippen LogP contribution in [-0.4, -0.2) is 24.5 Å². The SMILES string of the molecule is Cc1c(OCC(=O)N[C@@H](Cc2ccccc2)C(=O)[O-])ccc2c3c(c(=O)oc12)CCCC3. The molecule has 0 aliphatic heterocycles. The van der Waals surface area contributed by atoms with Gasteiger partial charge in [-0.3, -0.25) is 4.79 Å². The molecule has 1 atom stereocenters. The van der Waals surface area contributed by atoms with Gasteiger partial charge in [-0.2, -0.15) is 0 Å². The van der Waals surface area contributed by atoms with Crippen molar-refractivity contribution in [3.63, 3.8) is 0 Å². The number of aryl methyl sites for hydroxylation is 2. The Kier molecular flexibility index (Phi) is 6.25. The van der Waals surface area contributed by atoms with Gasteiger partial charge in [0.2, 0.25) is 0 Å². The lowest BCUT2D eigenvalue weighted by atomic mass is 9.90. The molecule has 7 nitrogen and oxygen atoms in total. The number of carbonyl (C=O) groups excluding carboxylic acids is 2. The van der Waals surface area contributed by atoms with E-state index in [9.17, 15) is 19.5 Å². The Morgan fingerprint density at radius 3 is 2.53 bits per heavy atom. The summed E-state index contributed by atoms with van der Waals surface area (Å²) in [4.78, 5) is 36.2. The lowest BCUT2D eigenvalue weighted by Crippen LogP contribution is -2.50. The predicted molar refractivity (Wildman–Crippen MR) is 116 cm³/mol. The van der Waals surface area contributed by atoms with E-state index in [1.54, 1.807) is 37.3 Å². The summed E-state index contributed by atoms with van der Waals surface area (Å²) in [6.45, 7) is 1.40. The number of amides is 1. The number of fused-ring (bicyclic) bond motifs is 3. The summed E-state index contributed by atoms with van der Waals surface area (Å²) >= 11 is 0. The van der Waals surface area contributed by atoms with Crippen molar-refractivity contribution in [1.29, 1.82) is 0 Å². The molecule has 0 unspecified atom stereocenters. The Balaban J connectivity index is 1.47. The third kappa shape index (κ3) is 4.51. The summed E-state index contributed by atoms with van der Waals surface area (Å²) in [5, 5.41) is 14.8. The standard InChI is InChI=1S/C25H25NO6/c1-15-21(12-11-18-17-9-5-6-10-19(17)25(30)32-23(15)18)31-14-22(27)26-20(24(28)29)13-16-7-3-2-4-8-16/h2-4,7-8,11-12,20H,5-6,9-10,13-14H2,1H3,(H,26,27)(H,28,29)/p-1/t20-/m0/s1. The number of carboxylic acids is 1. The van der Waals surface area contributed by atoms with Gasteiger partial charge < -0.3 is 24.4 Å². The van der Waals surface area contributed by atoms with E-state index < -0.39 is 17.9 Å². The van der Waals surface area contributed by atoms with Crippen molar-refractivity contribution in [2.75, 3.05) is 6.61 Å². The lowest BCUT2D eigenvalue weighted by Gasteiger charge is -2.20. The molecule has 0 saturated carbocycles. The molecule has 166 valence electrons. The molecule has 0 radical (unpaired) electrons. The Morgan fingerprint density at radius 2 is 1.81 bits per heavy atom. The van der Waals surface area contributed by atoms with Crippen LogP contribution in [0.5, 0.6) is 5.75 Å². The highest BCUT2D eigenvalue weighted by molar-refractivity contribution is 5.87. The summed E-state index contributed by atoms with van der Waals surface area (Å²) in [7, 11) is 0. The number of nitrogens with one attached hydrogen (secondary N) is 1.